The second-order valence-corrected chi connectivity index (χ2v) is 7.15. The summed E-state index contributed by atoms with van der Waals surface area (Å²) in [6.07, 6.45) is 3.13. The maximum Gasteiger partial charge on any atom is 0.0737 e. The number of fused-ring (bicyclic) bond motifs is 1. The molecule has 2 atom stereocenters. The van der Waals surface area contributed by atoms with Crippen molar-refractivity contribution >= 4 is 21.4 Å². The highest BCUT2D eigenvalue weighted by Gasteiger charge is 2.41. The fraction of sp³-hybridized carbons (Fsp3) is 0.529. The topological polar surface area (TPSA) is 29.5 Å². The lowest BCUT2D eigenvalue weighted by atomic mass is 9.78. The highest BCUT2D eigenvalue weighted by Crippen LogP contribution is 2.38. The van der Waals surface area contributed by atoms with Gasteiger partial charge in [0.15, 0.2) is 0 Å². The number of ether oxygens (including phenoxy) is 1. The van der Waals surface area contributed by atoms with E-state index in [-0.39, 0.29) is 5.60 Å². The number of thiophene rings is 1. The van der Waals surface area contributed by atoms with Crippen molar-refractivity contribution in [1.29, 1.82) is 0 Å². The lowest BCUT2D eigenvalue weighted by Crippen LogP contribution is -2.48. The molecule has 1 aliphatic heterocycles. The summed E-state index contributed by atoms with van der Waals surface area (Å²) < 4.78 is 7.16. The summed E-state index contributed by atoms with van der Waals surface area (Å²) in [5, 5.41) is 14.5. The maximum absolute atomic E-state index is 11.0. The van der Waals surface area contributed by atoms with Crippen molar-refractivity contribution in [3.8, 4) is 0 Å². The molecule has 1 aliphatic rings. The molecule has 0 spiro atoms. The zero-order valence-electron chi connectivity index (χ0n) is 12.2. The normalized spacial score (nSPS) is 30.8. The monoisotopic (exact) mass is 290 g/mol. The molecule has 0 amide bonds. The Bertz CT molecular complexity index is 606. The number of aliphatic hydroxyl groups is 1. The van der Waals surface area contributed by atoms with Crippen LogP contribution in [-0.4, -0.2) is 22.9 Å². The zero-order valence-corrected chi connectivity index (χ0v) is 13.0. The standard InChI is InChI=1S/C17H22O2S/c1-3-16(2)12-17(18,8-9-19-16)10-13-11-20-15-7-5-4-6-14(13)15/h4-7,11,18H,3,8-10,12H2,1-2H3. The number of rotatable bonds is 3. The van der Waals surface area contributed by atoms with E-state index in [0.717, 1.165) is 25.7 Å². The van der Waals surface area contributed by atoms with Crippen LogP contribution in [0.4, 0.5) is 0 Å². The van der Waals surface area contributed by atoms with Crippen LogP contribution in [0.5, 0.6) is 0 Å². The van der Waals surface area contributed by atoms with Crippen molar-refractivity contribution in [1.82, 2.24) is 0 Å². The van der Waals surface area contributed by atoms with Crippen LogP contribution < -0.4 is 0 Å². The van der Waals surface area contributed by atoms with Gasteiger partial charge >= 0.3 is 0 Å². The first kappa shape index (κ1) is 14.1. The predicted octanol–water partition coefficient (Wildman–Crippen LogP) is 4.15. The van der Waals surface area contributed by atoms with E-state index in [1.165, 1.54) is 15.6 Å². The van der Waals surface area contributed by atoms with E-state index in [1.54, 1.807) is 11.3 Å². The summed E-state index contributed by atoms with van der Waals surface area (Å²) in [6.45, 7) is 4.90. The second kappa shape index (κ2) is 5.14. The minimum atomic E-state index is -0.632. The second-order valence-electron chi connectivity index (χ2n) is 6.24. The van der Waals surface area contributed by atoms with E-state index >= 15 is 0 Å². The number of hydrogen-bond donors (Lipinski definition) is 1. The van der Waals surface area contributed by atoms with Gasteiger partial charge in [-0.25, -0.2) is 0 Å². The molecule has 20 heavy (non-hydrogen) atoms. The quantitative estimate of drug-likeness (QED) is 0.920. The molecule has 0 saturated carbocycles. The zero-order chi connectivity index (χ0) is 14.2. The summed E-state index contributed by atoms with van der Waals surface area (Å²) in [7, 11) is 0. The summed E-state index contributed by atoms with van der Waals surface area (Å²) in [5.41, 5.74) is 0.458. The average Bonchev–Trinajstić information content (AvgIpc) is 2.82. The Morgan fingerprint density at radius 1 is 1.35 bits per heavy atom. The Kier molecular flexibility index (Phi) is 3.61. The Morgan fingerprint density at radius 2 is 2.15 bits per heavy atom. The molecular formula is C17H22O2S. The van der Waals surface area contributed by atoms with Crippen molar-refractivity contribution in [3.05, 3.63) is 35.2 Å². The highest BCUT2D eigenvalue weighted by molar-refractivity contribution is 7.17. The van der Waals surface area contributed by atoms with Crippen molar-refractivity contribution in [2.75, 3.05) is 6.61 Å². The van der Waals surface area contributed by atoms with Crippen molar-refractivity contribution in [3.63, 3.8) is 0 Å². The van der Waals surface area contributed by atoms with E-state index in [0.29, 0.717) is 6.61 Å². The van der Waals surface area contributed by atoms with Gasteiger partial charge in [0.05, 0.1) is 17.8 Å². The van der Waals surface area contributed by atoms with Crippen LogP contribution in [0.2, 0.25) is 0 Å². The van der Waals surface area contributed by atoms with Crippen LogP contribution in [0.3, 0.4) is 0 Å². The van der Waals surface area contributed by atoms with Gasteiger partial charge in [0.1, 0.15) is 0 Å². The van der Waals surface area contributed by atoms with Crippen LogP contribution >= 0.6 is 11.3 Å². The van der Waals surface area contributed by atoms with Gasteiger partial charge in [0.25, 0.3) is 0 Å². The largest absolute Gasteiger partial charge is 0.389 e. The van der Waals surface area contributed by atoms with Gasteiger partial charge in [-0.2, -0.15) is 0 Å². The Hall–Kier alpha value is -0.900. The molecule has 2 aromatic rings. The third kappa shape index (κ3) is 2.62. The molecule has 0 aliphatic carbocycles. The van der Waals surface area contributed by atoms with E-state index in [2.05, 4.69) is 43.5 Å². The van der Waals surface area contributed by atoms with Gasteiger partial charge < -0.3 is 9.84 Å². The smallest absolute Gasteiger partial charge is 0.0737 e. The first-order valence-electron chi connectivity index (χ1n) is 7.35. The summed E-state index contributed by atoms with van der Waals surface area (Å²) in [4.78, 5) is 0. The SMILES string of the molecule is CCC1(C)CC(O)(Cc2csc3ccccc23)CCO1. The molecule has 108 valence electrons. The molecule has 2 nitrogen and oxygen atoms in total. The molecule has 2 heterocycles. The number of benzene rings is 1. The molecule has 1 N–H and O–H groups in total. The third-order valence-electron chi connectivity index (χ3n) is 4.55. The Morgan fingerprint density at radius 3 is 2.95 bits per heavy atom. The Balaban J connectivity index is 1.86. The molecule has 1 saturated heterocycles. The van der Waals surface area contributed by atoms with Gasteiger partial charge in [0, 0.05) is 17.5 Å². The van der Waals surface area contributed by atoms with Gasteiger partial charge in [0.2, 0.25) is 0 Å². The molecule has 1 fully saturated rings. The molecule has 0 radical (unpaired) electrons. The summed E-state index contributed by atoms with van der Waals surface area (Å²) in [5.74, 6) is 0. The van der Waals surface area contributed by atoms with Gasteiger partial charge in [-0.1, -0.05) is 25.1 Å². The Labute approximate surface area is 124 Å². The molecule has 3 heteroatoms. The predicted molar refractivity (Wildman–Crippen MR) is 84.4 cm³/mol. The molecule has 3 rings (SSSR count). The lowest BCUT2D eigenvalue weighted by molar-refractivity contribution is -0.152. The first-order chi connectivity index (χ1) is 9.54. The van der Waals surface area contributed by atoms with Crippen molar-refractivity contribution in [2.45, 2.75) is 50.7 Å². The van der Waals surface area contributed by atoms with E-state index < -0.39 is 5.60 Å². The van der Waals surface area contributed by atoms with Crippen molar-refractivity contribution < 1.29 is 9.84 Å². The van der Waals surface area contributed by atoms with Gasteiger partial charge in [-0.15, -0.1) is 11.3 Å². The maximum atomic E-state index is 11.0. The van der Waals surface area contributed by atoms with E-state index in [1.807, 2.05) is 0 Å². The fourth-order valence-corrected chi connectivity index (χ4v) is 4.19. The lowest BCUT2D eigenvalue weighted by Gasteiger charge is -2.43. The molecule has 2 unspecified atom stereocenters. The minimum Gasteiger partial charge on any atom is -0.389 e. The molecule has 1 aromatic heterocycles. The van der Waals surface area contributed by atoms with Crippen LogP contribution in [0, 0.1) is 0 Å². The third-order valence-corrected chi connectivity index (χ3v) is 5.56. The molecular weight excluding hydrogens is 268 g/mol. The fourth-order valence-electron chi connectivity index (χ4n) is 3.23. The van der Waals surface area contributed by atoms with Crippen LogP contribution in [-0.2, 0) is 11.2 Å². The minimum absolute atomic E-state index is 0.182. The van der Waals surface area contributed by atoms with Crippen LogP contribution in [0.15, 0.2) is 29.6 Å². The van der Waals surface area contributed by atoms with E-state index in [4.69, 9.17) is 4.74 Å². The van der Waals surface area contributed by atoms with Crippen molar-refractivity contribution in [2.24, 2.45) is 0 Å². The van der Waals surface area contributed by atoms with Crippen LogP contribution in [0.25, 0.3) is 10.1 Å². The molecule has 0 bridgehead atoms. The summed E-state index contributed by atoms with van der Waals surface area (Å²) in [6, 6.07) is 8.44. The number of hydrogen-bond acceptors (Lipinski definition) is 3. The van der Waals surface area contributed by atoms with Gasteiger partial charge in [-0.05, 0) is 42.2 Å². The van der Waals surface area contributed by atoms with Crippen LogP contribution in [0.1, 0.15) is 38.7 Å². The van der Waals surface area contributed by atoms with Gasteiger partial charge in [-0.3, -0.25) is 0 Å². The highest BCUT2D eigenvalue weighted by atomic mass is 32.1. The summed E-state index contributed by atoms with van der Waals surface area (Å²) >= 11 is 1.76. The van der Waals surface area contributed by atoms with E-state index in [9.17, 15) is 5.11 Å². The average molecular weight is 290 g/mol. The first-order valence-corrected chi connectivity index (χ1v) is 8.23. The molecule has 1 aromatic carbocycles.